The van der Waals surface area contributed by atoms with E-state index in [9.17, 15) is 0 Å². The zero-order valence-electron chi connectivity index (χ0n) is 15.2. The predicted molar refractivity (Wildman–Crippen MR) is 110 cm³/mol. The summed E-state index contributed by atoms with van der Waals surface area (Å²) in [4.78, 5) is 3.07. The summed E-state index contributed by atoms with van der Waals surface area (Å²) in [6.07, 6.45) is 3.77. The molecule has 0 fully saturated rings. The van der Waals surface area contributed by atoms with Crippen molar-refractivity contribution in [3.63, 3.8) is 0 Å². The molecule has 0 aliphatic heterocycles. The van der Waals surface area contributed by atoms with Gasteiger partial charge in [0, 0.05) is 41.3 Å². The van der Waals surface area contributed by atoms with E-state index in [-0.39, 0.29) is 0 Å². The van der Waals surface area contributed by atoms with E-state index in [1.54, 1.807) is 0 Å². The first-order valence-corrected chi connectivity index (χ1v) is 9.19. The number of nitrogens with zero attached hydrogens (tertiary/aromatic N) is 1. The van der Waals surface area contributed by atoms with Crippen LogP contribution in [0.5, 0.6) is 0 Å². The van der Waals surface area contributed by atoms with Gasteiger partial charge in [-0.3, -0.25) is 0 Å². The summed E-state index contributed by atoms with van der Waals surface area (Å²) < 4.78 is 5.74. The molecule has 136 valence electrons. The molecule has 2 N–H and O–H groups in total. The molecule has 0 radical (unpaired) electrons. The molecule has 0 spiro atoms. The summed E-state index contributed by atoms with van der Waals surface area (Å²) in [7, 11) is 0. The van der Waals surface area contributed by atoms with Crippen LogP contribution in [-0.2, 0) is 6.54 Å². The van der Waals surface area contributed by atoms with Crippen LogP contribution in [0, 0.1) is 13.8 Å². The lowest BCUT2D eigenvalue weighted by Gasteiger charge is -2.10. The van der Waals surface area contributed by atoms with Crippen molar-refractivity contribution in [1.82, 2.24) is 10.1 Å². The Labute approximate surface area is 163 Å². The van der Waals surface area contributed by atoms with Gasteiger partial charge in [-0.2, -0.15) is 0 Å². The number of rotatable bonds is 5. The average Bonchev–Trinajstić information content (AvgIpc) is 3.31. The molecule has 0 saturated heterocycles. The van der Waals surface area contributed by atoms with Crippen LogP contribution < -0.4 is 5.32 Å². The van der Waals surface area contributed by atoms with E-state index in [0.717, 1.165) is 39.4 Å². The molecular weight excluding hydrogens is 358 g/mol. The average molecular weight is 378 g/mol. The highest BCUT2D eigenvalue weighted by atomic mass is 35.5. The Morgan fingerprint density at radius 1 is 1.07 bits per heavy atom. The first kappa shape index (κ1) is 17.4. The van der Waals surface area contributed by atoms with Crippen molar-refractivity contribution in [2.75, 3.05) is 5.32 Å². The lowest BCUT2D eigenvalue weighted by Crippen LogP contribution is -2.02. The van der Waals surface area contributed by atoms with Crippen molar-refractivity contribution < 1.29 is 4.52 Å². The Kier molecular flexibility index (Phi) is 4.73. The van der Waals surface area contributed by atoms with Crippen molar-refractivity contribution >= 4 is 17.3 Å². The monoisotopic (exact) mass is 377 g/mol. The molecular formula is C22H20ClN3O. The largest absolute Gasteiger partial charge is 0.381 e. The molecule has 0 aliphatic rings. The quantitative estimate of drug-likeness (QED) is 0.434. The fourth-order valence-corrected chi connectivity index (χ4v) is 3.47. The van der Waals surface area contributed by atoms with Gasteiger partial charge < -0.3 is 14.8 Å². The number of nitrogens with one attached hydrogen (secondary N) is 2. The summed E-state index contributed by atoms with van der Waals surface area (Å²) in [5.74, 6) is 0.741. The second kappa shape index (κ2) is 7.33. The van der Waals surface area contributed by atoms with Crippen LogP contribution in [0.4, 0.5) is 5.69 Å². The molecule has 27 heavy (non-hydrogen) atoms. The molecule has 0 atom stereocenters. The standard InChI is InChI=1S/C22H20ClN3O/c1-14-6-8-17(9-7-14)25-13-18-21(20-15(2)4-3-5-19(20)23)26-27-22(18)16-10-11-24-12-16/h3-12,24-25H,13H2,1-2H3. The number of hydrogen-bond donors (Lipinski definition) is 2. The maximum atomic E-state index is 6.50. The smallest absolute Gasteiger partial charge is 0.173 e. The van der Waals surface area contributed by atoms with E-state index in [1.165, 1.54) is 5.56 Å². The highest BCUT2D eigenvalue weighted by molar-refractivity contribution is 6.33. The SMILES string of the molecule is Cc1ccc(NCc2c(-c3c(C)cccc3Cl)noc2-c2cc[nH]c2)cc1. The molecule has 2 heterocycles. The second-order valence-corrected chi connectivity index (χ2v) is 7.00. The van der Waals surface area contributed by atoms with Gasteiger partial charge in [0.2, 0.25) is 0 Å². The molecule has 2 aromatic heterocycles. The summed E-state index contributed by atoms with van der Waals surface area (Å²) in [6.45, 7) is 4.68. The highest BCUT2D eigenvalue weighted by Crippen LogP contribution is 2.37. The van der Waals surface area contributed by atoms with Crippen molar-refractivity contribution in [1.29, 1.82) is 0 Å². The number of aromatic nitrogens is 2. The second-order valence-electron chi connectivity index (χ2n) is 6.59. The number of hydrogen-bond acceptors (Lipinski definition) is 3. The van der Waals surface area contributed by atoms with E-state index in [1.807, 2.05) is 43.6 Å². The number of H-pyrrole nitrogens is 1. The molecule has 2 aromatic carbocycles. The molecule has 4 rings (SSSR count). The van der Waals surface area contributed by atoms with Crippen LogP contribution in [0.15, 0.2) is 65.4 Å². The normalized spacial score (nSPS) is 10.9. The van der Waals surface area contributed by atoms with Gasteiger partial charge in [0.05, 0.1) is 5.02 Å². The van der Waals surface area contributed by atoms with Gasteiger partial charge in [0.1, 0.15) is 5.69 Å². The van der Waals surface area contributed by atoms with Gasteiger partial charge in [-0.1, -0.05) is 46.6 Å². The van der Waals surface area contributed by atoms with Gasteiger partial charge in [-0.15, -0.1) is 0 Å². The molecule has 4 aromatic rings. The molecule has 0 aliphatic carbocycles. The predicted octanol–water partition coefficient (Wildman–Crippen LogP) is 6.22. The zero-order valence-corrected chi connectivity index (χ0v) is 16.0. The number of benzene rings is 2. The summed E-state index contributed by atoms with van der Waals surface area (Å²) in [5.41, 5.74) is 6.95. The minimum Gasteiger partial charge on any atom is -0.381 e. The van der Waals surface area contributed by atoms with Gasteiger partial charge >= 0.3 is 0 Å². The first-order chi connectivity index (χ1) is 13.1. The Hall–Kier alpha value is -2.98. The Balaban J connectivity index is 1.77. The van der Waals surface area contributed by atoms with Gasteiger partial charge in [0.15, 0.2) is 5.76 Å². The van der Waals surface area contributed by atoms with Crippen LogP contribution in [0.2, 0.25) is 5.02 Å². The number of aryl methyl sites for hydroxylation is 2. The number of aromatic amines is 1. The van der Waals surface area contributed by atoms with Gasteiger partial charge in [0.25, 0.3) is 0 Å². The zero-order chi connectivity index (χ0) is 18.8. The van der Waals surface area contributed by atoms with Crippen LogP contribution in [0.1, 0.15) is 16.7 Å². The van der Waals surface area contributed by atoms with Crippen molar-refractivity contribution in [2.24, 2.45) is 0 Å². The first-order valence-electron chi connectivity index (χ1n) is 8.81. The van der Waals surface area contributed by atoms with E-state index in [4.69, 9.17) is 16.1 Å². The van der Waals surface area contributed by atoms with E-state index >= 15 is 0 Å². The fraction of sp³-hybridized carbons (Fsp3) is 0.136. The highest BCUT2D eigenvalue weighted by Gasteiger charge is 2.22. The minimum atomic E-state index is 0.576. The van der Waals surface area contributed by atoms with E-state index in [0.29, 0.717) is 11.6 Å². The summed E-state index contributed by atoms with van der Waals surface area (Å²) in [6, 6.07) is 16.1. The molecule has 5 heteroatoms. The molecule has 0 unspecified atom stereocenters. The topological polar surface area (TPSA) is 53.9 Å². The van der Waals surface area contributed by atoms with Crippen LogP contribution in [0.25, 0.3) is 22.6 Å². The molecule has 0 amide bonds. The number of halogens is 1. The van der Waals surface area contributed by atoms with E-state index < -0.39 is 0 Å². The molecule has 4 nitrogen and oxygen atoms in total. The summed E-state index contributed by atoms with van der Waals surface area (Å²) >= 11 is 6.50. The van der Waals surface area contributed by atoms with Crippen LogP contribution >= 0.6 is 11.6 Å². The molecule has 0 saturated carbocycles. The van der Waals surface area contributed by atoms with Gasteiger partial charge in [-0.25, -0.2) is 0 Å². The van der Waals surface area contributed by atoms with E-state index in [2.05, 4.69) is 46.6 Å². The maximum absolute atomic E-state index is 6.50. The van der Waals surface area contributed by atoms with Gasteiger partial charge in [-0.05, 0) is 43.7 Å². The minimum absolute atomic E-state index is 0.576. The summed E-state index contributed by atoms with van der Waals surface area (Å²) in [5, 5.41) is 8.52. The van der Waals surface area contributed by atoms with Crippen molar-refractivity contribution in [3.8, 4) is 22.6 Å². The third-order valence-corrected chi connectivity index (χ3v) is 4.94. The van der Waals surface area contributed by atoms with Crippen LogP contribution in [0.3, 0.4) is 0 Å². The van der Waals surface area contributed by atoms with Crippen molar-refractivity contribution in [2.45, 2.75) is 20.4 Å². The lowest BCUT2D eigenvalue weighted by molar-refractivity contribution is 0.434. The third-order valence-electron chi connectivity index (χ3n) is 4.63. The Morgan fingerprint density at radius 2 is 1.89 bits per heavy atom. The fourth-order valence-electron chi connectivity index (χ4n) is 3.16. The number of anilines is 1. The molecule has 0 bridgehead atoms. The van der Waals surface area contributed by atoms with Crippen molar-refractivity contribution in [3.05, 3.63) is 82.6 Å². The third kappa shape index (κ3) is 3.49. The van der Waals surface area contributed by atoms with Crippen LogP contribution in [-0.4, -0.2) is 10.1 Å². The Morgan fingerprint density at radius 3 is 2.59 bits per heavy atom. The lowest BCUT2D eigenvalue weighted by atomic mass is 9.99. The maximum Gasteiger partial charge on any atom is 0.173 e. The Bertz CT molecular complexity index is 1030.